The van der Waals surface area contributed by atoms with E-state index in [-0.39, 0.29) is 5.92 Å². The van der Waals surface area contributed by atoms with Crippen molar-refractivity contribution in [3.05, 3.63) is 29.6 Å². The van der Waals surface area contributed by atoms with Crippen LogP contribution in [0.3, 0.4) is 0 Å². The predicted molar refractivity (Wildman–Crippen MR) is 88.2 cm³/mol. The highest BCUT2D eigenvalue weighted by molar-refractivity contribution is 5.40. The molecule has 5 heteroatoms. The van der Waals surface area contributed by atoms with E-state index in [2.05, 4.69) is 5.32 Å². The van der Waals surface area contributed by atoms with Crippen LogP contribution in [0.5, 0.6) is 5.75 Å². The molecule has 0 aliphatic carbocycles. The third kappa shape index (κ3) is 4.22. The molecule has 1 aromatic carbocycles. The van der Waals surface area contributed by atoms with Gasteiger partial charge in [-0.3, -0.25) is 0 Å². The highest BCUT2D eigenvalue weighted by Crippen LogP contribution is 2.43. The van der Waals surface area contributed by atoms with Crippen molar-refractivity contribution in [1.29, 1.82) is 0 Å². The Morgan fingerprint density at radius 3 is 2.83 bits per heavy atom. The maximum atomic E-state index is 14.6. The number of hydrogen-bond acceptors (Lipinski definition) is 4. The van der Waals surface area contributed by atoms with E-state index >= 15 is 0 Å². The smallest absolute Gasteiger partial charge is 0.133 e. The van der Waals surface area contributed by atoms with Crippen LogP contribution in [0.4, 0.5) is 4.39 Å². The van der Waals surface area contributed by atoms with E-state index in [0.29, 0.717) is 30.9 Å². The third-order valence-corrected chi connectivity index (χ3v) is 4.76. The monoisotopic (exact) mass is 325 g/mol. The van der Waals surface area contributed by atoms with Crippen LogP contribution < -0.4 is 10.1 Å². The van der Waals surface area contributed by atoms with Gasteiger partial charge < -0.3 is 19.9 Å². The lowest BCUT2D eigenvalue weighted by Crippen LogP contribution is -2.45. The Balaban J connectivity index is 2.32. The van der Waals surface area contributed by atoms with Crippen LogP contribution in [0.2, 0.25) is 0 Å². The summed E-state index contributed by atoms with van der Waals surface area (Å²) in [4.78, 5) is 0. The molecule has 1 heterocycles. The first kappa shape index (κ1) is 18.2. The Bertz CT molecular complexity index is 491. The van der Waals surface area contributed by atoms with Gasteiger partial charge in [0.15, 0.2) is 0 Å². The number of halogens is 1. The van der Waals surface area contributed by atoms with Crippen LogP contribution in [-0.4, -0.2) is 39.0 Å². The molecule has 1 aliphatic heterocycles. The van der Waals surface area contributed by atoms with Gasteiger partial charge >= 0.3 is 0 Å². The van der Waals surface area contributed by atoms with Crippen LogP contribution in [-0.2, 0) is 10.3 Å². The second kappa shape index (κ2) is 8.62. The van der Waals surface area contributed by atoms with Gasteiger partial charge in [0.25, 0.3) is 0 Å². The topological polar surface area (TPSA) is 50.7 Å². The van der Waals surface area contributed by atoms with E-state index in [1.165, 1.54) is 13.2 Å². The zero-order valence-electron chi connectivity index (χ0n) is 14.1. The first-order chi connectivity index (χ1) is 11.1. The van der Waals surface area contributed by atoms with Crippen LogP contribution in [0.1, 0.15) is 37.7 Å². The first-order valence-electron chi connectivity index (χ1n) is 8.38. The number of hydrogen-bond donors (Lipinski definition) is 2. The van der Waals surface area contributed by atoms with Crippen molar-refractivity contribution in [2.24, 2.45) is 5.92 Å². The highest BCUT2D eigenvalue weighted by atomic mass is 19.1. The largest absolute Gasteiger partial charge is 0.496 e. The molecule has 1 saturated heterocycles. The molecule has 0 radical (unpaired) electrons. The summed E-state index contributed by atoms with van der Waals surface area (Å²) < 4.78 is 25.0. The summed E-state index contributed by atoms with van der Waals surface area (Å²) in [6.07, 6.45) is 3.99. The Morgan fingerprint density at radius 1 is 1.35 bits per heavy atom. The highest BCUT2D eigenvalue weighted by Gasteiger charge is 2.42. The maximum Gasteiger partial charge on any atom is 0.133 e. The molecule has 4 nitrogen and oxygen atoms in total. The molecule has 0 saturated carbocycles. The fourth-order valence-electron chi connectivity index (χ4n) is 3.53. The number of ether oxygens (including phenoxy) is 2. The molecular weight excluding hydrogens is 297 g/mol. The van der Waals surface area contributed by atoms with Crippen molar-refractivity contribution in [2.45, 2.75) is 37.7 Å². The van der Waals surface area contributed by atoms with E-state index < -0.39 is 11.4 Å². The van der Waals surface area contributed by atoms with Gasteiger partial charge in [0.1, 0.15) is 17.2 Å². The minimum Gasteiger partial charge on any atom is -0.496 e. The number of nitrogens with one attached hydrogen (secondary N) is 1. The quantitative estimate of drug-likeness (QED) is 0.722. The van der Waals surface area contributed by atoms with Gasteiger partial charge in [-0.05, 0) is 50.8 Å². The van der Waals surface area contributed by atoms with Gasteiger partial charge in [0.05, 0.1) is 12.7 Å². The molecule has 0 bridgehead atoms. The van der Waals surface area contributed by atoms with Crippen LogP contribution in [0, 0.1) is 11.7 Å². The number of unbranched alkanes of at least 4 members (excludes halogenated alkanes) is 1. The molecule has 2 N–H and O–H groups in total. The van der Waals surface area contributed by atoms with Crippen molar-refractivity contribution >= 4 is 0 Å². The van der Waals surface area contributed by atoms with Gasteiger partial charge in [0.2, 0.25) is 0 Å². The molecule has 2 rings (SSSR count). The lowest BCUT2D eigenvalue weighted by atomic mass is 9.74. The van der Waals surface area contributed by atoms with Crippen molar-refractivity contribution in [3.63, 3.8) is 0 Å². The molecule has 1 aromatic rings. The summed E-state index contributed by atoms with van der Waals surface area (Å²) in [6.45, 7) is 2.29. The molecule has 1 fully saturated rings. The van der Waals surface area contributed by atoms with Gasteiger partial charge in [-0.25, -0.2) is 4.39 Å². The number of benzene rings is 1. The molecule has 0 unspecified atom stereocenters. The lowest BCUT2D eigenvalue weighted by molar-refractivity contribution is -0.0476. The minimum absolute atomic E-state index is 0.0235. The van der Waals surface area contributed by atoms with Crippen molar-refractivity contribution in [2.75, 3.05) is 33.9 Å². The third-order valence-electron chi connectivity index (χ3n) is 4.76. The average Bonchev–Trinajstić information content (AvgIpc) is 2.59. The van der Waals surface area contributed by atoms with Crippen LogP contribution in [0.15, 0.2) is 18.2 Å². The van der Waals surface area contributed by atoms with Gasteiger partial charge in [-0.1, -0.05) is 6.07 Å². The van der Waals surface area contributed by atoms with Crippen LogP contribution in [0.25, 0.3) is 0 Å². The molecule has 0 spiro atoms. The first-order valence-corrected chi connectivity index (χ1v) is 8.38. The standard InChI is InChI=1S/C18H28FNO3/c1-22-12-4-3-10-18(21,14-7-6-11-20-13-14)17-15(19)8-5-9-16(17)23-2/h5,8-9,14,20-21H,3-4,6-7,10-13H2,1-2H3/t14-,18+/m1/s1. The number of piperidine rings is 1. The summed E-state index contributed by atoms with van der Waals surface area (Å²) >= 11 is 0. The molecule has 1 aliphatic rings. The minimum atomic E-state index is -1.22. The molecule has 2 atom stereocenters. The fourth-order valence-corrected chi connectivity index (χ4v) is 3.53. The SMILES string of the molecule is COCCCC[C@@](O)(c1c(F)cccc1OC)[C@@H]1CCCNC1. The van der Waals surface area contributed by atoms with E-state index in [1.807, 2.05) is 0 Å². The summed E-state index contributed by atoms with van der Waals surface area (Å²) in [5.41, 5.74) is -0.925. The van der Waals surface area contributed by atoms with E-state index in [0.717, 1.165) is 32.2 Å². The normalized spacial score (nSPS) is 21.0. The summed E-state index contributed by atoms with van der Waals surface area (Å²) in [6, 6.07) is 4.73. The molecular formula is C18H28FNO3. The number of rotatable bonds is 8. The summed E-state index contributed by atoms with van der Waals surface area (Å²) in [5.74, 6) is -0.00132. The molecule has 0 aromatic heterocycles. The lowest BCUT2D eigenvalue weighted by Gasteiger charge is -2.40. The maximum absolute atomic E-state index is 14.6. The fraction of sp³-hybridized carbons (Fsp3) is 0.667. The number of aliphatic hydroxyl groups is 1. The van der Waals surface area contributed by atoms with Crippen molar-refractivity contribution in [3.8, 4) is 5.75 Å². The summed E-state index contributed by atoms with van der Waals surface area (Å²) in [5, 5.41) is 14.8. The zero-order valence-corrected chi connectivity index (χ0v) is 14.1. The zero-order chi connectivity index (χ0) is 16.7. The van der Waals surface area contributed by atoms with Gasteiger partial charge in [0, 0.05) is 26.2 Å². The van der Waals surface area contributed by atoms with Crippen molar-refractivity contribution in [1.82, 2.24) is 5.32 Å². The molecule has 0 amide bonds. The Hall–Kier alpha value is -1.17. The van der Waals surface area contributed by atoms with Crippen LogP contribution >= 0.6 is 0 Å². The Kier molecular flexibility index (Phi) is 6.81. The number of methoxy groups -OCH3 is 2. The van der Waals surface area contributed by atoms with Gasteiger partial charge in [-0.15, -0.1) is 0 Å². The molecule has 130 valence electrons. The Labute approximate surface area is 138 Å². The Morgan fingerprint density at radius 2 is 2.17 bits per heavy atom. The summed E-state index contributed by atoms with van der Waals surface area (Å²) in [7, 11) is 3.18. The predicted octanol–water partition coefficient (Wildman–Crippen LogP) is 2.84. The van der Waals surface area contributed by atoms with E-state index in [1.54, 1.807) is 19.2 Å². The molecule has 23 heavy (non-hydrogen) atoms. The van der Waals surface area contributed by atoms with E-state index in [9.17, 15) is 9.50 Å². The second-order valence-electron chi connectivity index (χ2n) is 6.23. The van der Waals surface area contributed by atoms with Crippen molar-refractivity contribution < 1.29 is 19.0 Å². The van der Waals surface area contributed by atoms with E-state index in [4.69, 9.17) is 9.47 Å². The average molecular weight is 325 g/mol. The second-order valence-corrected chi connectivity index (χ2v) is 6.23. The van der Waals surface area contributed by atoms with Gasteiger partial charge in [-0.2, -0.15) is 0 Å².